The Bertz CT molecular complexity index is 919. The van der Waals surface area contributed by atoms with E-state index in [0.717, 1.165) is 17.5 Å². The molecule has 0 aliphatic carbocycles. The Balaban J connectivity index is 1.43. The zero-order valence-corrected chi connectivity index (χ0v) is 15.1. The number of aryl methyl sites for hydroxylation is 1. The van der Waals surface area contributed by atoms with Gasteiger partial charge in [0.1, 0.15) is 0 Å². The molecule has 27 heavy (non-hydrogen) atoms. The molecule has 0 spiro atoms. The van der Waals surface area contributed by atoms with Crippen LogP contribution in [-0.4, -0.2) is 30.1 Å². The first-order valence-electron chi connectivity index (χ1n) is 8.74. The molecule has 6 nitrogen and oxygen atoms in total. The Kier molecular flexibility index (Phi) is 5.99. The van der Waals surface area contributed by atoms with Gasteiger partial charge in [-0.3, -0.25) is 9.59 Å². The van der Waals surface area contributed by atoms with Crippen LogP contribution in [0.4, 0.5) is 0 Å². The first kappa shape index (κ1) is 18.4. The number of hydrogen-bond acceptors (Lipinski definition) is 4. The Morgan fingerprint density at radius 3 is 2.59 bits per heavy atom. The lowest BCUT2D eigenvalue weighted by atomic mass is 10.1. The third kappa shape index (κ3) is 5.28. The number of rotatable bonds is 7. The fourth-order valence-electron chi connectivity index (χ4n) is 2.65. The number of carbonyl (C=O) groups excluding carboxylic acids is 2. The van der Waals surface area contributed by atoms with Crippen molar-refractivity contribution in [1.29, 1.82) is 0 Å². The van der Waals surface area contributed by atoms with E-state index in [1.54, 1.807) is 6.07 Å². The molecule has 0 unspecified atom stereocenters. The third-order valence-electron chi connectivity index (χ3n) is 4.03. The lowest BCUT2D eigenvalue weighted by Gasteiger charge is -2.06. The van der Waals surface area contributed by atoms with E-state index in [4.69, 9.17) is 4.52 Å². The average Bonchev–Trinajstić information content (AvgIpc) is 3.17. The average molecular weight is 363 g/mol. The topological polar surface area (TPSA) is 84.2 Å². The summed E-state index contributed by atoms with van der Waals surface area (Å²) in [6.45, 7) is 2.44. The Morgan fingerprint density at radius 2 is 1.81 bits per heavy atom. The van der Waals surface area contributed by atoms with Gasteiger partial charge in [0.05, 0.1) is 6.54 Å². The van der Waals surface area contributed by atoms with Crippen LogP contribution >= 0.6 is 0 Å². The predicted octanol–water partition coefficient (Wildman–Crippen LogP) is 2.74. The minimum Gasteiger partial charge on any atom is -0.355 e. The second-order valence-corrected chi connectivity index (χ2v) is 6.21. The molecule has 6 heteroatoms. The van der Waals surface area contributed by atoms with Crippen molar-refractivity contribution in [2.75, 3.05) is 13.1 Å². The van der Waals surface area contributed by atoms with Crippen LogP contribution in [0.3, 0.4) is 0 Å². The van der Waals surface area contributed by atoms with E-state index < -0.39 is 5.91 Å². The van der Waals surface area contributed by atoms with Crippen LogP contribution < -0.4 is 10.6 Å². The van der Waals surface area contributed by atoms with Crippen molar-refractivity contribution >= 4 is 11.8 Å². The molecule has 0 fully saturated rings. The molecule has 0 bridgehead atoms. The van der Waals surface area contributed by atoms with E-state index in [-0.39, 0.29) is 18.1 Å². The smallest absolute Gasteiger partial charge is 0.273 e. The summed E-state index contributed by atoms with van der Waals surface area (Å²) in [5.41, 5.74) is 3.32. The fraction of sp³-hybridized carbons (Fsp3) is 0.190. The van der Waals surface area contributed by atoms with Crippen LogP contribution in [0.15, 0.2) is 65.2 Å². The summed E-state index contributed by atoms with van der Waals surface area (Å²) in [5, 5.41) is 9.10. The lowest BCUT2D eigenvalue weighted by molar-refractivity contribution is -0.120. The molecular formula is C21H21N3O3. The van der Waals surface area contributed by atoms with Gasteiger partial charge in [-0.25, -0.2) is 0 Å². The van der Waals surface area contributed by atoms with Gasteiger partial charge in [-0.05, 0) is 18.9 Å². The van der Waals surface area contributed by atoms with E-state index in [2.05, 4.69) is 21.9 Å². The number of amides is 2. The molecule has 0 aliphatic heterocycles. The van der Waals surface area contributed by atoms with Crippen molar-refractivity contribution in [3.63, 3.8) is 0 Å². The molecule has 0 aliphatic rings. The maximum absolute atomic E-state index is 12.1. The lowest BCUT2D eigenvalue weighted by Crippen LogP contribution is -2.37. The standard InChI is InChI=1S/C21H21N3O3/c1-15-6-5-7-16(12-15)10-11-22-20(25)14-23-21(26)18-13-19(27-24-18)17-8-3-2-4-9-17/h2-9,12-13H,10-11,14H2,1H3,(H,22,25)(H,23,26). The van der Waals surface area contributed by atoms with Crippen LogP contribution in [0.1, 0.15) is 21.6 Å². The molecule has 2 aromatic carbocycles. The summed E-state index contributed by atoms with van der Waals surface area (Å²) in [6.07, 6.45) is 0.741. The van der Waals surface area contributed by atoms with E-state index >= 15 is 0 Å². The minimum absolute atomic E-state index is 0.111. The molecule has 1 heterocycles. The quantitative estimate of drug-likeness (QED) is 0.676. The van der Waals surface area contributed by atoms with Crippen LogP contribution in [0.5, 0.6) is 0 Å². The van der Waals surface area contributed by atoms with E-state index in [1.807, 2.05) is 55.5 Å². The molecule has 0 atom stereocenters. The minimum atomic E-state index is -0.449. The number of nitrogens with one attached hydrogen (secondary N) is 2. The molecule has 138 valence electrons. The molecule has 0 saturated heterocycles. The number of hydrogen-bond donors (Lipinski definition) is 2. The highest BCUT2D eigenvalue weighted by Gasteiger charge is 2.14. The SMILES string of the molecule is Cc1cccc(CCNC(=O)CNC(=O)c2cc(-c3ccccc3)on2)c1. The van der Waals surface area contributed by atoms with Crippen molar-refractivity contribution in [3.05, 3.63) is 77.5 Å². The van der Waals surface area contributed by atoms with Crippen molar-refractivity contribution in [2.45, 2.75) is 13.3 Å². The van der Waals surface area contributed by atoms with E-state index in [1.165, 1.54) is 5.56 Å². The van der Waals surface area contributed by atoms with Gasteiger partial charge in [-0.15, -0.1) is 0 Å². The zero-order chi connectivity index (χ0) is 19.1. The van der Waals surface area contributed by atoms with Crippen LogP contribution in [0.25, 0.3) is 11.3 Å². The van der Waals surface area contributed by atoms with Crippen LogP contribution in [0.2, 0.25) is 0 Å². The number of nitrogens with zero attached hydrogens (tertiary/aromatic N) is 1. The number of carbonyl (C=O) groups is 2. The first-order valence-corrected chi connectivity index (χ1v) is 8.74. The van der Waals surface area contributed by atoms with Crippen LogP contribution in [0, 0.1) is 6.92 Å². The van der Waals surface area contributed by atoms with Gasteiger partial charge in [0.2, 0.25) is 5.91 Å². The highest BCUT2D eigenvalue weighted by molar-refractivity contribution is 5.95. The molecule has 0 saturated carbocycles. The second-order valence-electron chi connectivity index (χ2n) is 6.21. The summed E-state index contributed by atoms with van der Waals surface area (Å²) < 4.78 is 5.19. The Morgan fingerprint density at radius 1 is 1.00 bits per heavy atom. The van der Waals surface area contributed by atoms with Gasteiger partial charge in [-0.2, -0.15) is 0 Å². The van der Waals surface area contributed by atoms with Gasteiger partial charge in [0.25, 0.3) is 5.91 Å². The van der Waals surface area contributed by atoms with Gasteiger partial charge >= 0.3 is 0 Å². The summed E-state index contributed by atoms with van der Waals surface area (Å²) >= 11 is 0. The maximum Gasteiger partial charge on any atom is 0.273 e. The third-order valence-corrected chi connectivity index (χ3v) is 4.03. The molecule has 0 radical (unpaired) electrons. The Hall–Kier alpha value is -3.41. The maximum atomic E-state index is 12.1. The molecule has 3 rings (SSSR count). The van der Waals surface area contributed by atoms with Gasteiger partial charge < -0.3 is 15.2 Å². The molecule has 1 aromatic heterocycles. The summed E-state index contributed by atoms with van der Waals surface area (Å²) in [7, 11) is 0. The summed E-state index contributed by atoms with van der Waals surface area (Å²) in [4.78, 5) is 24.0. The van der Waals surface area contributed by atoms with Crippen molar-refractivity contribution in [1.82, 2.24) is 15.8 Å². The largest absolute Gasteiger partial charge is 0.355 e. The predicted molar refractivity (Wildman–Crippen MR) is 102 cm³/mol. The van der Waals surface area contributed by atoms with E-state index in [0.29, 0.717) is 12.3 Å². The second kappa shape index (κ2) is 8.80. The number of aromatic nitrogens is 1. The van der Waals surface area contributed by atoms with Gasteiger partial charge in [0, 0.05) is 18.2 Å². The fourth-order valence-corrected chi connectivity index (χ4v) is 2.65. The van der Waals surface area contributed by atoms with E-state index in [9.17, 15) is 9.59 Å². The Labute approximate surface area is 157 Å². The first-order chi connectivity index (χ1) is 13.1. The summed E-state index contributed by atoms with van der Waals surface area (Å²) in [5.74, 6) is -0.194. The van der Waals surface area contributed by atoms with Gasteiger partial charge in [0.15, 0.2) is 11.5 Å². The monoisotopic (exact) mass is 363 g/mol. The highest BCUT2D eigenvalue weighted by atomic mass is 16.5. The molecule has 2 amide bonds. The molecule has 3 aromatic rings. The van der Waals surface area contributed by atoms with Crippen LogP contribution in [-0.2, 0) is 11.2 Å². The zero-order valence-electron chi connectivity index (χ0n) is 15.1. The molecule has 2 N–H and O–H groups in total. The highest BCUT2D eigenvalue weighted by Crippen LogP contribution is 2.19. The van der Waals surface area contributed by atoms with Crippen molar-refractivity contribution in [3.8, 4) is 11.3 Å². The van der Waals surface area contributed by atoms with Gasteiger partial charge in [-0.1, -0.05) is 65.3 Å². The van der Waals surface area contributed by atoms with Crippen molar-refractivity contribution < 1.29 is 14.1 Å². The molecular weight excluding hydrogens is 342 g/mol. The normalized spacial score (nSPS) is 10.4. The van der Waals surface area contributed by atoms with Crippen molar-refractivity contribution in [2.24, 2.45) is 0 Å². The summed E-state index contributed by atoms with van der Waals surface area (Å²) in [6, 6.07) is 19.1. The number of benzene rings is 2.